The minimum Gasteiger partial charge on any atom is -0.327 e. The zero-order valence-corrected chi connectivity index (χ0v) is 10.3. The monoisotopic (exact) mass is 215 g/mol. The van der Waals surface area contributed by atoms with E-state index in [-0.39, 0.29) is 0 Å². The summed E-state index contributed by atoms with van der Waals surface area (Å²) in [5.74, 6) is 0. The Hall–Kier alpha value is -1.08. The lowest BCUT2D eigenvalue weighted by Gasteiger charge is -2.18. The molecule has 0 spiro atoms. The van der Waals surface area contributed by atoms with Crippen molar-refractivity contribution in [3.63, 3.8) is 0 Å². The van der Waals surface area contributed by atoms with Crippen LogP contribution in [0.4, 0.5) is 0 Å². The van der Waals surface area contributed by atoms with Gasteiger partial charge in [0, 0.05) is 6.04 Å². The lowest BCUT2D eigenvalue weighted by molar-refractivity contribution is 0.583. The number of hydrogen-bond donors (Lipinski definition) is 1. The third kappa shape index (κ3) is 2.96. The van der Waals surface area contributed by atoms with E-state index in [2.05, 4.69) is 38.1 Å². The molecule has 1 aliphatic carbocycles. The smallest absolute Gasteiger partial charge is 0.00765 e. The lowest BCUT2D eigenvalue weighted by atomic mass is 9.91. The van der Waals surface area contributed by atoms with E-state index in [4.69, 9.17) is 5.73 Å². The molecule has 86 valence electrons. The van der Waals surface area contributed by atoms with Crippen molar-refractivity contribution in [2.24, 2.45) is 5.73 Å². The number of allylic oxidation sites excluding steroid dienone is 1. The van der Waals surface area contributed by atoms with Crippen LogP contribution in [-0.4, -0.2) is 6.04 Å². The van der Waals surface area contributed by atoms with Crippen LogP contribution in [0.5, 0.6) is 0 Å². The second-order valence-electron chi connectivity index (χ2n) is 5.07. The minimum atomic E-state index is 0.392. The molecule has 0 saturated heterocycles. The third-order valence-corrected chi connectivity index (χ3v) is 3.26. The molecule has 1 heteroatoms. The Labute approximate surface area is 98.4 Å². The normalized spacial score (nSPS) is 20.7. The van der Waals surface area contributed by atoms with Gasteiger partial charge in [-0.15, -0.1) is 0 Å². The van der Waals surface area contributed by atoms with Crippen LogP contribution in [0.15, 0.2) is 29.8 Å². The molecule has 0 bridgehead atoms. The molecule has 1 atom stereocenters. The van der Waals surface area contributed by atoms with Crippen LogP contribution in [0.25, 0.3) is 0 Å². The van der Waals surface area contributed by atoms with Crippen LogP contribution in [0.2, 0.25) is 0 Å². The predicted octanol–water partition coefficient (Wildman–Crippen LogP) is 3.28. The van der Waals surface area contributed by atoms with E-state index in [0.717, 1.165) is 19.3 Å². The van der Waals surface area contributed by atoms with Gasteiger partial charge in [0.1, 0.15) is 0 Å². The van der Waals surface area contributed by atoms with Gasteiger partial charge in [0.15, 0.2) is 0 Å². The standard InChI is InChI=1S/C15H21N/c1-11-7-12(2)9-14(8-11)10-13-3-5-15(16)6-4-13/h3,7-9,15H,4-6,10,16H2,1-2H3. The molecule has 0 amide bonds. The molecule has 1 unspecified atom stereocenters. The Morgan fingerprint density at radius 3 is 2.44 bits per heavy atom. The Morgan fingerprint density at radius 1 is 1.19 bits per heavy atom. The zero-order valence-electron chi connectivity index (χ0n) is 10.3. The molecule has 0 saturated carbocycles. The van der Waals surface area contributed by atoms with E-state index in [9.17, 15) is 0 Å². The summed E-state index contributed by atoms with van der Waals surface area (Å²) < 4.78 is 0. The van der Waals surface area contributed by atoms with Gasteiger partial charge >= 0.3 is 0 Å². The van der Waals surface area contributed by atoms with Crippen LogP contribution < -0.4 is 5.73 Å². The molecule has 0 aromatic heterocycles. The molecular formula is C15H21N. The van der Waals surface area contributed by atoms with Gasteiger partial charge in [0.25, 0.3) is 0 Å². The van der Waals surface area contributed by atoms with Crippen molar-refractivity contribution < 1.29 is 0 Å². The SMILES string of the molecule is Cc1cc(C)cc(CC2=CCC(N)CC2)c1. The van der Waals surface area contributed by atoms with Crippen LogP contribution in [0.3, 0.4) is 0 Å². The van der Waals surface area contributed by atoms with Crippen LogP contribution in [0, 0.1) is 13.8 Å². The van der Waals surface area contributed by atoms with E-state index in [0.29, 0.717) is 6.04 Å². The molecule has 1 aromatic carbocycles. The molecule has 0 aliphatic heterocycles. The number of benzene rings is 1. The van der Waals surface area contributed by atoms with E-state index < -0.39 is 0 Å². The van der Waals surface area contributed by atoms with E-state index in [1.165, 1.54) is 23.1 Å². The van der Waals surface area contributed by atoms with Gasteiger partial charge < -0.3 is 5.73 Å². The number of hydrogen-bond acceptors (Lipinski definition) is 1. The summed E-state index contributed by atoms with van der Waals surface area (Å²) in [6, 6.07) is 7.21. The highest BCUT2D eigenvalue weighted by Crippen LogP contribution is 2.21. The average molecular weight is 215 g/mol. The summed E-state index contributed by atoms with van der Waals surface area (Å²) in [6.07, 6.45) is 6.83. The highest BCUT2D eigenvalue weighted by Gasteiger charge is 2.10. The fourth-order valence-electron chi connectivity index (χ4n) is 2.50. The van der Waals surface area contributed by atoms with Crippen LogP contribution in [0.1, 0.15) is 36.0 Å². The van der Waals surface area contributed by atoms with E-state index in [1.807, 2.05) is 0 Å². The minimum absolute atomic E-state index is 0.392. The maximum absolute atomic E-state index is 5.89. The third-order valence-electron chi connectivity index (χ3n) is 3.26. The van der Waals surface area contributed by atoms with Crippen LogP contribution >= 0.6 is 0 Å². The summed E-state index contributed by atoms with van der Waals surface area (Å²) in [5.41, 5.74) is 11.6. The topological polar surface area (TPSA) is 26.0 Å². The van der Waals surface area contributed by atoms with Gasteiger partial charge in [-0.1, -0.05) is 41.0 Å². The molecule has 0 heterocycles. The molecule has 0 radical (unpaired) electrons. The summed E-state index contributed by atoms with van der Waals surface area (Å²) in [4.78, 5) is 0. The molecule has 2 N–H and O–H groups in total. The molecule has 2 rings (SSSR count). The lowest BCUT2D eigenvalue weighted by Crippen LogP contribution is -2.22. The van der Waals surface area contributed by atoms with Crippen molar-refractivity contribution in [1.29, 1.82) is 0 Å². The van der Waals surface area contributed by atoms with Crippen molar-refractivity contribution >= 4 is 0 Å². The predicted molar refractivity (Wildman–Crippen MR) is 69.5 cm³/mol. The Kier molecular flexibility index (Phi) is 3.45. The van der Waals surface area contributed by atoms with Crippen molar-refractivity contribution in [3.05, 3.63) is 46.5 Å². The first-order valence-electron chi connectivity index (χ1n) is 6.14. The van der Waals surface area contributed by atoms with Crippen LogP contribution in [-0.2, 0) is 6.42 Å². The molecular weight excluding hydrogens is 194 g/mol. The first-order chi connectivity index (χ1) is 7.63. The van der Waals surface area contributed by atoms with Crippen molar-refractivity contribution in [3.8, 4) is 0 Å². The fourth-order valence-corrected chi connectivity index (χ4v) is 2.50. The fraction of sp³-hybridized carbons (Fsp3) is 0.467. The highest BCUT2D eigenvalue weighted by molar-refractivity contribution is 5.31. The van der Waals surface area contributed by atoms with Gasteiger partial charge in [-0.2, -0.15) is 0 Å². The van der Waals surface area contributed by atoms with Gasteiger partial charge in [0.05, 0.1) is 0 Å². The van der Waals surface area contributed by atoms with Crippen molar-refractivity contribution in [2.75, 3.05) is 0 Å². The number of aryl methyl sites for hydroxylation is 2. The van der Waals surface area contributed by atoms with E-state index in [1.54, 1.807) is 5.57 Å². The molecule has 0 fully saturated rings. The highest BCUT2D eigenvalue weighted by atomic mass is 14.6. The first-order valence-corrected chi connectivity index (χ1v) is 6.14. The Balaban J connectivity index is 2.09. The Morgan fingerprint density at radius 2 is 1.88 bits per heavy atom. The largest absolute Gasteiger partial charge is 0.327 e. The van der Waals surface area contributed by atoms with Gasteiger partial charge in [-0.3, -0.25) is 0 Å². The summed E-state index contributed by atoms with van der Waals surface area (Å²) in [5, 5.41) is 0. The summed E-state index contributed by atoms with van der Waals surface area (Å²) >= 11 is 0. The maximum atomic E-state index is 5.89. The van der Waals surface area contributed by atoms with E-state index >= 15 is 0 Å². The molecule has 1 aromatic rings. The average Bonchev–Trinajstić information content (AvgIpc) is 2.20. The summed E-state index contributed by atoms with van der Waals surface area (Å²) in [7, 11) is 0. The van der Waals surface area contributed by atoms with Gasteiger partial charge in [0.2, 0.25) is 0 Å². The number of nitrogens with two attached hydrogens (primary N) is 1. The summed E-state index contributed by atoms with van der Waals surface area (Å²) in [6.45, 7) is 4.34. The molecule has 1 nitrogen and oxygen atoms in total. The van der Waals surface area contributed by atoms with Crippen molar-refractivity contribution in [1.82, 2.24) is 0 Å². The second kappa shape index (κ2) is 4.84. The quantitative estimate of drug-likeness (QED) is 0.753. The Bertz CT molecular complexity index is 384. The van der Waals surface area contributed by atoms with Crippen molar-refractivity contribution in [2.45, 2.75) is 45.6 Å². The zero-order chi connectivity index (χ0) is 11.5. The van der Waals surface area contributed by atoms with Gasteiger partial charge in [-0.05, 0) is 45.1 Å². The maximum Gasteiger partial charge on any atom is 0.00765 e. The second-order valence-corrected chi connectivity index (χ2v) is 5.07. The first kappa shape index (κ1) is 11.4. The number of rotatable bonds is 2. The van der Waals surface area contributed by atoms with Gasteiger partial charge in [-0.25, -0.2) is 0 Å². The molecule has 1 aliphatic rings. The molecule has 16 heavy (non-hydrogen) atoms.